The van der Waals surface area contributed by atoms with Crippen molar-refractivity contribution in [2.75, 3.05) is 0 Å². The highest BCUT2D eigenvalue weighted by Gasteiger charge is 2.31. The fourth-order valence-corrected chi connectivity index (χ4v) is 6.66. The van der Waals surface area contributed by atoms with Gasteiger partial charge >= 0.3 is 0 Å². The van der Waals surface area contributed by atoms with Crippen LogP contribution < -0.4 is 0 Å². The Hall–Kier alpha value is -1.55. The first-order valence-corrected chi connectivity index (χ1v) is 13.1. The summed E-state index contributed by atoms with van der Waals surface area (Å²) in [5, 5.41) is 0. The van der Waals surface area contributed by atoms with Crippen molar-refractivity contribution in [1.82, 2.24) is 0 Å². The first kappa shape index (κ1) is 21.7. The van der Waals surface area contributed by atoms with Gasteiger partial charge in [0.1, 0.15) is 17.5 Å². The fraction of sp³-hybridized carbons (Fsp3) is 0.538. The van der Waals surface area contributed by atoms with Gasteiger partial charge in [-0.2, -0.15) is 0 Å². The van der Waals surface area contributed by atoms with Crippen LogP contribution in [0.2, 0.25) is 6.04 Å². The lowest BCUT2D eigenvalue weighted by atomic mass is 9.68. The van der Waals surface area contributed by atoms with E-state index in [4.69, 9.17) is 0 Å². The molecule has 2 aromatic rings. The molecule has 0 unspecified atom stereocenters. The zero-order chi connectivity index (χ0) is 21.3. The van der Waals surface area contributed by atoms with Crippen LogP contribution in [0.5, 0.6) is 0 Å². The minimum atomic E-state index is -0.586. The molecule has 0 aliphatic heterocycles. The van der Waals surface area contributed by atoms with Gasteiger partial charge in [-0.3, -0.25) is 0 Å². The van der Waals surface area contributed by atoms with E-state index < -0.39 is 17.5 Å². The summed E-state index contributed by atoms with van der Waals surface area (Å²) < 4.78 is 43.6. The van der Waals surface area contributed by atoms with Crippen molar-refractivity contribution in [3.8, 4) is 11.1 Å². The summed E-state index contributed by atoms with van der Waals surface area (Å²) in [6.07, 6.45) is 9.97. The van der Waals surface area contributed by atoms with Crippen LogP contribution >= 0.6 is 0 Å². The number of halogens is 3. The average molecular weight is 431 g/mol. The fourth-order valence-electron chi connectivity index (χ4n) is 5.84. The summed E-state index contributed by atoms with van der Waals surface area (Å²) in [5.74, 6) is 1.25. The molecular formula is C26H33F3Si. The van der Waals surface area contributed by atoms with Gasteiger partial charge in [0.05, 0.1) is 5.56 Å². The molecule has 0 N–H and O–H groups in total. The summed E-state index contributed by atoms with van der Waals surface area (Å²) in [6.45, 7) is 1.64. The van der Waals surface area contributed by atoms with E-state index in [9.17, 15) is 13.2 Å². The molecule has 0 aromatic heterocycles. The maximum atomic E-state index is 14.9. The lowest BCUT2D eigenvalue weighted by Crippen LogP contribution is -2.25. The molecule has 0 bridgehead atoms. The Morgan fingerprint density at radius 1 is 0.767 bits per heavy atom. The number of hydrogen-bond donors (Lipinski definition) is 0. The highest BCUT2D eigenvalue weighted by atomic mass is 28.1. The Balaban J connectivity index is 1.44. The monoisotopic (exact) mass is 430 g/mol. The predicted octanol–water partition coefficient (Wildman–Crippen LogP) is 6.94. The molecule has 0 atom stereocenters. The molecule has 0 heterocycles. The van der Waals surface area contributed by atoms with Crippen LogP contribution in [-0.2, 0) is 0 Å². The quantitative estimate of drug-likeness (QED) is 0.461. The first-order chi connectivity index (χ1) is 14.5. The van der Waals surface area contributed by atoms with Crippen molar-refractivity contribution in [2.45, 2.75) is 70.3 Å². The van der Waals surface area contributed by atoms with Gasteiger partial charge in [-0.05, 0) is 104 Å². The van der Waals surface area contributed by atoms with Crippen molar-refractivity contribution < 1.29 is 13.2 Å². The van der Waals surface area contributed by atoms with Crippen LogP contribution in [-0.4, -0.2) is 10.2 Å². The summed E-state index contributed by atoms with van der Waals surface area (Å²) in [5.41, 5.74) is 1.37. The zero-order valence-electron chi connectivity index (χ0n) is 18.2. The highest BCUT2D eigenvalue weighted by molar-refractivity contribution is 6.08. The second kappa shape index (κ2) is 9.29. The van der Waals surface area contributed by atoms with Crippen LogP contribution in [0, 0.1) is 42.1 Å². The summed E-state index contributed by atoms with van der Waals surface area (Å²) in [6, 6.07) is 8.78. The van der Waals surface area contributed by atoms with E-state index in [1.807, 2.05) is 0 Å². The lowest BCUT2D eigenvalue weighted by Gasteiger charge is -2.38. The molecule has 2 aliphatic rings. The molecule has 0 saturated heterocycles. The van der Waals surface area contributed by atoms with E-state index >= 15 is 0 Å². The van der Waals surface area contributed by atoms with Crippen LogP contribution in [0.3, 0.4) is 0 Å². The van der Waals surface area contributed by atoms with Crippen molar-refractivity contribution in [2.24, 2.45) is 17.8 Å². The minimum Gasteiger partial charge on any atom is -0.207 e. The van der Waals surface area contributed by atoms with Gasteiger partial charge in [0.2, 0.25) is 0 Å². The molecule has 2 saturated carbocycles. The first-order valence-electron chi connectivity index (χ1n) is 11.7. The molecular weight excluding hydrogens is 397 g/mol. The van der Waals surface area contributed by atoms with Gasteiger partial charge in [-0.25, -0.2) is 13.2 Å². The maximum Gasteiger partial charge on any atom is 0.134 e. The molecule has 2 aromatic carbocycles. The standard InChI is InChI=1S/C26H33F3Si/c1-16-2-5-21(12-23(16)27)26-24(28)13-22(14-25(26)29)20-10-8-19(9-11-20)18-6-3-17(15-30)4-7-18/h2,5,12-14,17-20H,3-4,6-11,15H2,1,30H3. The molecule has 4 heteroatoms. The van der Waals surface area contributed by atoms with E-state index in [-0.39, 0.29) is 17.0 Å². The van der Waals surface area contributed by atoms with Crippen molar-refractivity contribution in [1.29, 1.82) is 0 Å². The van der Waals surface area contributed by atoms with E-state index in [0.717, 1.165) is 36.2 Å². The summed E-state index contributed by atoms with van der Waals surface area (Å²) >= 11 is 0. The van der Waals surface area contributed by atoms with Gasteiger partial charge in [-0.1, -0.05) is 31.0 Å². The molecule has 4 rings (SSSR count). The molecule has 162 valence electrons. The van der Waals surface area contributed by atoms with Crippen LogP contribution in [0.15, 0.2) is 30.3 Å². The molecule has 2 aliphatic carbocycles. The van der Waals surface area contributed by atoms with Crippen LogP contribution in [0.1, 0.15) is 68.4 Å². The highest BCUT2D eigenvalue weighted by Crippen LogP contribution is 2.45. The SMILES string of the molecule is Cc1ccc(-c2c(F)cc(C3CCC(C4CCC(C[SiH3])CC4)CC3)cc2F)cc1F. The topological polar surface area (TPSA) is 0 Å². The predicted molar refractivity (Wildman–Crippen MR) is 121 cm³/mol. The Labute approximate surface area is 181 Å². The molecule has 0 radical (unpaired) electrons. The third-order valence-electron chi connectivity index (χ3n) is 7.90. The maximum absolute atomic E-state index is 14.9. The second-order valence-electron chi connectivity index (χ2n) is 9.62. The Morgan fingerprint density at radius 2 is 1.33 bits per heavy atom. The van der Waals surface area contributed by atoms with E-state index in [0.29, 0.717) is 5.56 Å². The smallest absolute Gasteiger partial charge is 0.134 e. The summed E-state index contributed by atoms with van der Waals surface area (Å²) in [4.78, 5) is 0. The lowest BCUT2D eigenvalue weighted by molar-refractivity contribution is 0.165. The van der Waals surface area contributed by atoms with Crippen LogP contribution in [0.4, 0.5) is 13.2 Å². The van der Waals surface area contributed by atoms with E-state index in [2.05, 4.69) is 0 Å². The third kappa shape index (κ3) is 4.54. The normalized spacial score (nSPS) is 27.3. The minimum absolute atomic E-state index is 0.123. The largest absolute Gasteiger partial charge is 0.207 e. The number of aryl methyl sites for hydroxylation is 1. The second-order valence-corrected chi connectivity index (χ2v) is 10.4. The van der Waals surface area contributed by atoms with Gasteiger partial charge in [0.15, 0.2) is 0 Å². The van der Waals surface area contributed by atoms with Crippen molar-refractivity contribution >= 4 is 10.2 Å². The number of benzene rings is 2. The van der Waals surface area contributed by atoms with E-state index in [1.165, 1.54) is 73.0 Å². The van der Waals surface area contributed by atoms with Gasteiger partial charge in [0, 0.05) is 10.2 Å². The molecule has 2 fully saturated rings. The van der Waals surface area contributed by atoms with Gasteiger partial charge in [-0.15, -0.1) is 0 Å². The third-order valence-corrected chi connectivity index (χ3v) is 9.06. The van der Waals surface area contributed by atoms with Crippen LogP contribution in [0.25, 0.3) is 11.1 Å². The average Bonchev–Trinajstić information content (AvgIpc) is 2.76. The molecule has 0 nitrogen and oxygen atoms in total. The van der Waals surface area contributed by atoms with Gasteiger partial charge < -0.3 is 0 Å². The van der Waals surface area contributed by atoms with Crippen molar-refractivity contribution in [3.63, 3.8) is 0 Å². The Bertz CT molecular complexity index is 855. The number of hydrogen-bond acceptors (Lipinski definition) is 0. The Kier molecular flexibility index (Phi) is 6.71. The molecule has 30 heavy (non-hydrogen) atoms. The summed E-state index contributed by atoms with van der Waals surface area (Å²) in [7, 11) is 1.32. The zero-order valence-corrected chi connectivity index (χ0v) is 20.2. The number of rotatable bonds is 4. The van der Waals surface area contributed by atoms with E-state index in [1.54, 1.807) is 19.1 Å². The molecule has 0 amide bonds. The Morgan fingerprint density at radius 3 is 1.87 bits per heavy atom. The molecule has 0 spiro atoms. The van der Waals surface area contributed by atoms with Crippen molar-refractivity contribution in [3.05, 3.63) is 58.9 Å². The van der Waals surface area contributed by atoms with Gasteiger partial charge in [0.25, 0.3) is 0 Å².